The van der Waals surface area contributed by atoms with Crippen LogP contribution < -0.4 is 20.1 Å². The molecule has 2 heterocycles. The summed E-state index contributed by atoms with van der Waals surface area (Å²) in [5, 5.41) is 11.7. The predicted octanol–water partition coefficient (Wildman–Crippen LogP) is 3.58. The van der Waals surface area contributed by atoms with Gasteiger partial charge in [-0.3, -0.25) is 9.32 Å². The van der Waals surface area contributed by atoms with E-state index in [1.807, 2.05) is 30.6 Å². The fraction of sp³-hybridized carbons (Fsp3) is 0.391. The van der Waals surface area contributed by atoms with E-state index in [-0.39, 0.29) is 30.6 Å². The molecule has 0 bridgehead atoms. The number of fused-ring (bicyclic) bond motifs is 1. The molecule has 13 heteroatoms. The quantitative estimate of drug-likeness (QED) is 0.252. The number of ether oxygens (including phenoxy) is 1. The molecule has 4 rings (SSSR count). The number of aromatic nitrogens is 4. The molecule has 0 fully saturated rings. The fourth-order valence-corrected chi connectivity index (χ4v) is 5.29. The highest BCUT2D eigenvalue weighted by Gasteiger charge is 2.33. The van der Waals surface area contributed by atoms with Gasteiger partial charge in [0, 0.05) is 5.92 Å². The highest BCUT2D eigenvalue weighted by atomic mass is 31.2. The Kier molecular flexibility index (Phi) is 7.58. The van der Waals surface area contributed by atoms with E-state index in [0.717, 1.165) is 0 Å². The largest absolute Gasteiger partial charge is 0.480 e. The minimum Gasteiger partial charge on any atom is -0.480 e. The van der Waals surface area contributed by atoms with E-state index in [0.29, 0.717) is 29.2 Å². The molecule has 0 radical (unpaired) electrons. The van der Waals surface area contributed by atoms with Crippen LogP contribution in [0.15, 0.2) is 48.8 Å². The van der Waals surface area contributed by atoms with E-state index in [4.69, 9.17) is 19.5 Å². The molecule has 4 atom stereocenters. The lowest BCUT2D eigenvalue weighted by Crippen LogP contribution is -2.33. The van der Waals surface area contributed by atoms with E-state index in [1.54, 1.807) is 36.7 Å². The van der Waals surface area contributed by atoms with Crippen LogP contribution in [0.25, 0.3) is 11.2 Å². The molecule has 4 N–H and O–H groups in total. The number of carboxylic acids is 1. The highest BCUT2D eigenvalue weighted by molar-refractivity contribution is 7.52. The van der Waals surface area contributed by atoms with Crippen LogP contribution in [0.5, 0.6) is 11.6 Å². The minimum absolute atomic E-state index is 0.0436. The van der Waals surface area contributed by atoms with Gasteiger partial charge in [0.1, 0.15) is 11.8 Å². The second-order valence-corrected chi connectivity index (χ2v) is 10.4. The number of nitrogens with two attached hydrogens (primary N) is 1. The van der Waals surface area contributed by atoms with Gasteiger partial charge in [-0.05, 0) is 39.3 Å². The molecular weight excluding hydrogens is 487 g/mol. The van der Waals surface area contributed by atoms with Gasteiger partial charge in [-0.2, -0.15) is 15.1 Å². The molecule has 192 valence electrons. The monoisotopic (exact) mass is 516 g/mol. The van der Waals surface area contributed by atoms with Gasteiger partial charge in [0.25, 0.3) is 0 Å². The first-order valence-electron chi connectivity index (χ1n) is 11.5. The Bertz CT molecular complexity index is 1300. The fourth-order valence-electron chi connectivity index (χ4n) is 3.73. The lowest BCUT2D eigenvalue weighted by Gasteiger charge is -2.23. The summed E-state index contributed by atoms with van der Waals surface area (Å²) in [6.07, 6.45) is 6.08. The predicted molar refractivity (Wildman–Crippen MR) is 133 cm³/mol. The summed E-state index contributed by atoms with van der Waals surface area (Å²) >= 11 is 0. The topological polar surface area (TPSA) is 164 Å². The zero-order valence-corrected chi connectivity index (χ0v) is 21.0. The summed E-state index contributed by atoms with van der Waals surface area (Å²) in [5.74, 6) is -0.588. The van der Waals surface area contributed by atoms with Crippen molar-refractivity contribution in [2.24, 2.45) is 5.92 Å². The van der Waals surface area contributed by atoms with Gasteiger partial charge < -0.3 is 24.7 Å². The van der Waals surface area contributed by atoms with E-state index in [2.05, 4.69) is 20.0 Å². The maximum atomic E-state index is 13.4. The lowest BCUT2D eigenvalue weighted by atomic mass is 10.1. The maximum Gasteiger partial charge on any atom is 0.459 e. The van der Waals surface area contributed by atoms with Crippen molar-refractivity contribution in [3.05, 3.63) is 48.8 Å². The number of aliphatic carboxylic acids is 1. The van der Waals surface area contributed by atoms with Gasteiger partial charge in [-0.25, -0.2) is 9.55 Å². The van der Waals surface area contributed by atoms with Gasteiger partial charge >= 0.3 is 13.7 Å². The molecule has 12 nitrogen and oxygen atoms in total. The Morgan fingerprint density at radius 1 is 1.25 bits per heavy atom. The number of nitrogen functional groups attached to an aromatic ring is 1. The lowest BCUT2D eigenvalue weighted by molar-refractivity contribution is -0.138. The van der Waals surface area contributed by atoms with Gasteiger partial charge in [0.15, 0.2) is 11.2 Å². The third-order valence-electron chi connectivity index (χ3n) is 5.41. The second-order valence-electron chi connectivity index (χ2n) is 8.71. The number of benzene rings is 1. The van der Waals surface area contributed by atoms with Crippen molar-refractivity contribution in [1.82, 2.24) is 24.6 Å². The highest BCUT2D eigenvalue weighted by Crippen LogP contribution is 2.46. The summed E-state index contributed by atoms with van der Waals surface area (Å²) in [5.41, 5.74) is 6.96. The van der Waals surface area contributed by atoms with Crippen LogP contribution in [0.3, 0.4) is 0 Å². The van der Waals surface area contributed by atoms with Crippen molar-refractivity contribution in [2.45, 2.75) is 45.4 Å². The van der Waals surface area contributed by atoms with Crippen LogP contribution in [0.4, 0.5) is 5.95 Å². The Balaban J connectivity index is 1.47. The Labute approximate surface area is 208 Å². The summed E-state index contributed by atoms with van der Waals surface area (Å²) in [6.45, 7) is 5.19. The molecule has 1 aliphatic carbocycles. The summed E-state index contributed by atoms with van der Waals surface area (Å²) in [6, 6.07) is 7.20. The first kappa shape index (κ1) is 25.6. The van der Waals surface area contributed by atoms with Crippen molar-refractivity contribution in [3.63, 3.8) is 0 Å². The van der Waals surface area contributed by atoms with Gasteiger partial charge in [0.05, 0.1) is 25.1 Å². The number of hydrogen-bond acceptors (Lipinski definition) is 9. The van der Waals surface area contributed by atoms with Crippen LogP contribution in [0.2, 0.25) is 0 Å². The average Bonchev–Trinajstić information content (AvgIpc) is 3.45. The molecule has 0 aliphatic heterocycles. The summed E-state index contributed by atoms with van der Waals surface area (Å²) in [4.78, 5) is 24.3. The number of carbonyl (C=O) groups is 1. The molecule has 3 aromatic rings. The Morgan fingerprint density at radius 2 is 2.00 bits per heavy atom. The number of allylic oxidation sites excluding steroid dienone is 1. The van der Waals surface area contributed by atoms with Crippen LogP contribution >= 0.6 is 7.75 Å². The van der Waals surface area contributed by atoms with E-state index >= 15 is 0 Å². The number of rotatable bonds is 11. The van der Waals surface area contributed by atoms with Gasteiger partial charge in [0.2, 0.25) is 11.8 Å². The standard InChI is InChI=1S/C23H29N6O6P/c1-14(2)34-21-19-20(26-23(24)27-21)29(13-25-19)17-10-9-16(11-17)12-33-36(32,28-15(3)22(30)31)35-18-7-5-4-6-8-18/h4-10,13-17H,11-12H2,1-3H3,(H,28,32)(H,30,31)(H2,24,26,27)/t15-,16+,17-,36+/m0/s1. The minimum atomic E-state index is -3.99. The van der Waals surface area contributed by atoms with Crippen molar-refractivity contribution in [1.29, 1.82) is 0 Å². The SMILES string of the molecule is CC(C)Oc1nc(N)nc2c1ncn2[C@H]1C=C[C@@H](CO[P@](=O)(N[C@@H](C)C(=O)O)Oc2ccccc2)C1. The zero-order valence-electron chi connectivity index (χ0n) is 20.1. The first-order valence-corrected chi connectivity index (χ1v) is 13.0. The second kappa shape index (κ2) is 10.7. The number of carboxylic acid groups (broad SMARTS) is 1. The van der Waals surface area contributed by atoms with Crippen LogP contribution in [0.1, 0.15) is 33.2 Å². The molecule has 2 aromatic heterocycles. The Hall–Kier alpha value is -3.47. The van der Waals surface area contributed by atoms with E-state index in [1.165, 1.54) is 6.92 Å². The molecule has 1 aliphatic rings. The van der Waals surface area contributed by atoms with E-state index < -0.39 is 19.8 Å². The van der Waals surface area contributed by atoms with Crippen molar-refractivity contribution >= 4 is 30.8 Å². The molecule has 36 heavy (non-hydrogen) atoms. The van der Waals surface area contributed by atoms with Gasteiger partial charge in [-0.1, -0.05) is 30.4 Å². The molecule has 0 spiro atoms. The van der Waals surface area contributed by atoms with Gasteiger partial charge in [-0.15, -0.1) is 0 Å². The van der Waals surface area contributed by atoms with Crippen LogP contribution in [-0.2, 0) is 13.9 Å². The number of hydrogen-bond donors (Lipinski definition) is 3. The summed E-state index contributed by atoms with van der Waals surface area (Å²) < 4.78 is 32.3. The molecular formula is C23H29N6O6P. The number of para-hydroxylation sites is 1. The molecule has 0 unspecified atom stereocenters. The number of anilines is 1. The third-order valence-corrected chi connectivity index (χ3v) is 7.05. The number of imidazole rings is 1. The van der Waals surface area contributed by atoms with Crippen LogP contribution in [0, 0.1) is 5.92 Å². The Morgan fingerprint density at radius 3 is 2.69 bits per heavy atom. The van der Waals surface area contributed by atoms with Crippen molar-refractivity contribution < 1.29 is 28.3 Å². The molecule has 0 saturated heterocycles. The van der Waals surface area contributed by atoms with E-state index in [9.17, 15) is 14.5 Å². The molecule has 0 amide bonds. The number of nitrogens with zero attached hydrogens (tertiary/aromatic N) is 4. The normalized spacial score (nSPS) is 19.9. The first-order chi connectivity index (χ1) is 17.1. The summed E-state index contributed by atoms with van der Waals surface area (Å²) in [7, 11) is -3.99. The number of nitrogens with one attached hydrogen (secondary N) is 1. The van der Waals surface area contributed by atoms with Crippen LogP contribution in [-0.4, -0.2) is 49.3 Å². The molecule has 0 saturated carbocycles. The third kappa shape index (κ3) is 6.01. The van der Waals surface area contributed by atoms with Crippen molar-refractivity contribution in [2.75, 3.05) is 12.3 Å². The zero-order chi connectivity index (χ0) is 25.9. The smallest absolute Gasteiger partial charge is 0.459 e. The average molecular weight is 516 g/mol. The van der Waals surface area contributed by atoms with Crippen molar-refractivity contribution in [3.8, 4) is 11.6 Å². The molecule has 1 aromatic carbocycles. The maximum absolute atomic E-state index is 13.4.